The van der Waals surface area contributed by atoms with Crippen LogP contribution in [0.2, 0.25) is 0 Å². The van der Waals surface area contributed by atoms with E-state index in [0.717, 1.165) is 5.56 Å². The highest BCUT2D eigenvalue weighted by Gasteiger charge is 2.10. The van der Waals surface area contributed by atoms with Crippen molar-refractivity contribution in [3.63, 3.8) is 0 Å². The molecule has 0 saturated carbocycles. The Morgan fingerprint density at radius 3 is 2.86 bits per heavy atom. The Labute approximate surface area is 126 Å². The molecule has 8 nitrogen and oxygen atoms in total. The van der Waals surface area contributed by atoms with E-state index in [1.165, 1.54) is 0 Å². The highest BCUT2D eigenvalue weighted by molar-refractivity contribution is 5.77. The second-order valence-electron chi connectivity index (χ2n) is 4.51. The number of carbonyl (C=O) groups is 1. The summed E-state index contributed by atoms with van der Waals surface area (Å²) in [7, 11) is 0. The van der Waals surface area contributed by atoms with Crippen LogP contribution < -0.4 is 5.32 Å². The second-order valence-corrected chi connectivity index (χ2v) is 4.51. The molecule has 3 aromatic heterocycles. The van der Waals surface area contributed by atoms with Crippen LogP contribution in [0.5, 0.6) is 0 Å². The molecule has 3 heterocycles. The Kier molecular flexibility index (Phi) is 4.10. The summed E-state index contributed by atoms with van der Waals surface area (Å²) in [6.45, 7) is 0.428. The maximum Gasteiger partial charge on any atom is 0.227 e. The SMILES string of the molecule is O=C(Cc1nc(-c2cnccn2)n[nH]1)NCc1cccnc1. The zero-order chi connectivity index (χ0) is 15.2. The van der Waals surface area contributed by atoms with Gasteiger partial charge < -0.3 is 5.32 Å². The van der Waals surface area contributed by atoms with Crippen LogP contribution >= 0.6 is 0 Å². The number of hydrogen-bond acceptors (Lipinski definition) is 6. The fourth-order valence-corrected chi connectivity index (χ4v) is 1.82. The van der Waals surface area contributed by atoms with Crippen molar-refractivity contribution in [2.75, 3.05) is 0 Å². The quantitative estimate of drug-likeness (QED) is 0.710. The maximum atomic E-state index is 11.9. The van der Waals surface area contributed by atoms with E-state index < -0.39 is 0 Å². The number of nitrogens with zero attached hydrogens (tertiary/aromatic N) is 5. The molecule has 0 aromatic carbocycles. The summed E-state index contributed by atoms with van der Waals surface area (Å²) in [6, 6.07) is 3.72. The molecule has 0 atom stereocenters. The van der Waals surface area contributed by atoms with E-state index in [1.54, 1.807) is 31.0 Å². The molecular formula is C14H13N7O. The lowest BCUT2D eigenvalue weighted by Gasteiger charge is -2.03. The number of nitrogens with one attached hydrogen (secondary N) is 2. The summed E-state index contributed by atoms with van der Waals surface area (Å²) in [5, 5.41) is 9.56. The van der Waals surface area contributed by atoms with Gasteiger partial charge >= 0.3 is 0 Å². The first-order valence-corrected chi connectivity index (χ1v) is 6.64. The largest absolute Gasteiger partial charge is 0.352 e. The summed E-state index contributed by atoms with van der Waals surface area (Å²) in [5.74, 6) is 0.748. The molecule has 0 aliphatic rings. The molecule has 1 amide bonds. The standard InChI is InChI=1S/C14H13N7O/c22-13(18-8-10-2-1-3-15-7-10)6-12-19-14(21-20-12)11-9-16-4-5-17-11/h1-5,7,9H,6,8H2,(H,18,22)(H,19,20,21). The van der Waals surface area contributed by atoms with Gasteiger partial charge in [-0.15, -0.1) is 0 Å². The van der Waals surface area contributed by atoms with Crippen LogP contribution in [0.4, 0.5) is 0 Å². The fraction of sp³-hybridized carbons (Fsp3) is 0.143. The zero-order valence-electron chi connectivity index (χ0n) is 11.6. The van der Waals surface area contributed by atoms with Crippen molar-refractivity contribution in [2.24, 2.45) is 0 Å². The van der Waals surface area contributed by atoms with Crippen molar-refractivity contribution >= 4 is 5.91 Å². The molecule has 3 rings (SSSR count). The van der Waals surface area contributed by atoms with Gasteiger partial charge in [0.05, 0.1) is 12.6 Å². The average Bonchev–Trinajstić information content (AvgIpc) is 3.03. The molecule has 3 aromatic rings. The summed E-state index contributed by atoms with van der Waals surface area (Å²) in [6.07, 6.45) is 8.21. The van der Waals surface area contributed by atoms with Crippen molar-refractivity contribution < 1.29 is 4.79 Å². The number of aromatic nitrogens is 6. The highest BCUT2D eigenvalue weighted by Crippen LogP contribution is 2.08. The van der Waals surface area contributed by atoms with Gasteiger partial charge in [-0.3, -0.25) is 19.9 Å². The van der Waals surface area contributed by atoms with E-state index >= 15 is 0 Å². The topological polar surface area (TPSA) is 109 Å². The van der Waals surface area contributed by atoms with Crippen molar-refractivity contribution in [1.82, 2.24) is 35.5 Å². The smallest absolute Gasteiger partial charge is 0.227 e. The van der Waals surface area contributed by atoms with Gasteiger partial charge in [-0.2, -0.15) is 5.10 Å². The molecule has 110 valence electrons. The molecule has 0 aliphatic carbocycles. The van der Waals surface area contributed by atoms with Crippen LogP contribution in [0.25, 0.3) is 11.5 Å². The molecule has 0 unspecified atom stereocenters. The average molecular weight is 295 g/mol. The zero-order valence-corrected chi connectivity index (χ0v) is 11.6. The number of carbonyl (C=O) groups excluding carboxylic acids is 1. The van der Waals surface area contributed by atoms with Gasteiger partial charge in [0.15, 0.2) is 0 Å². The summed E-state index contributed by atoms with van der Waals surface area (Å²) in [5.41, 5.74) is 1.49. The summed E-state index contributed by atoms with van der Waals surface area (Å²) >= 11 is 0. The van der Waals surface area contributed by atoms with Crippen molar-refractivity contribution in [2.45, 2.75) is 13.0 Å². The molecule has 8 heteroatoms. The lowest BCUT2D eigenvalue weighted by molar-refractivity contribution is -0.120. The molecular weight excluding hydrogens is 282 g/mol. The minimum absolute atomic E-state index is 0.119. The fourth-order valence-electron chi connectivity index (χ4n) is 1.82. The lowest BCUT2D eigenvalue weighted by Crippen LogP contribution is -2.25. The van der Waals surface area contributed by atoms with Crippen molar-refractivity contribution in [1.29, 1.82) is 0 Å². The van der Waals surface area contributed by atoms with Crippen LogP contribution in [0.1, 0.15) is 11.4 Å². The predicted octanol–water partition coefficient (Wildman–Crippen LogP) is 0.516. The summed E-state index contributed by atoms with van der Waals surface area (Å²) in [4.78, 5) is 28.2. The molecule has 0 aliphatic heterocycles. The third-order valence-corrected chi connectivity index (χ3v) is 2.86. The van der Waals surface area contributed by atoms with E-state index in [1.807, 2.05) is 12.1 Å². The lowest BCUT2D eigenvalue weighted by atomic mass is 10.3. The van der Waals surface area contributed by atoms with Gasteiger partial charge in [0.25, 0.3) is 0 Å². The van der Waals surface area contributed by atoms with Crippen molar-refractivity contribution in [3.05, 3.63) is 54.5 Å². The molecule has 2 N–H and O–H groups in total. The molecule has 0 bridgehead atoms. The monoisotopic (exact) mass is 295 g/mol. The first-order valence-electron chi connectivity index (χ1n) is 6.64. The number of H-pyrrole nitrogens is 1. The van der Waals surface area contributed by atoms with Crippen LogP contribution in [-0.4, -0.2) is 36.0 Å². The minimum Gasteiger partial charge on any atom is -0.352 e. The van der Waals surface area contributed by atoms with Crippen LogP contribution in [-0.2, 0) is 17.8 Å². The molecule has 0 radical (unpaired) electrons. The third kappa shape index (κ3) is 3.48. The predicted molar refractivity (Wildman–Crippen MR) is 77.2 cm³/mol. The molecule has 0 spiro atoms. The van der Waals surface area contributed by atoms with Gasteiger partial charge in [-0.25, -0.2) is 9.97 Å². The number of hydrogen-bond donors (Lipinski definition) is 2. The Morgan fingerprint density at radius 1 is 1.18 bits per heavy atom. The van der Waals surface area contributed by atoms with E-state index in [0.29, 0.717) is 23.9 Å². The van der Waals surface area contributed by atoms with Gasteiger partial charge in [0.1, 0.15) is 11.5 Å². The first kappa shape index (κ1) is 13.8. The Bertz CT molecular complexity index is 742. The minimum atomic E-state index is -0.148. The maximum absolute atomic E-state index is 11.9. The normalized spacial score (nSPS) is 10.4. The third-order valence-electron chi connectivity index (χ3n) is 2.86. The van der Waals surface area contributed by atoms with E-state index in [9.17, 15) is 4.79 Å². The number of amides is 1. The Morgan fingerprint density at radius 2 is 2.09 bits per heavy atom. The van der Waals surface area contributed by atoms with Crippen molar-refractivity contribution in [3.8, 4) is 11.5 Å². The van der Waals surface area contributed by atoms with Crippen LogP contribution in [0.3, 0.4) is 0 Å². The molecule has 0 fully saturated rings. The number of pyridine rings is 1. The summed E-state index contributed by atoms with van der Waals surface area (Å²) < 4.78 is 0. The van der Waals surface area contributed by atoms with Gasteiger partial charge in [0, 0.05) is 31.3 Å². The molecule has 22 heavy (non-hydrogen) atoms. The van der Waals surface area contributed by atoms with E-state index in [-0.39, 0.29) is 12.3 Å². The Balaban J connectivity index is 1.57. The van der Waals surface area contributed by atoms with Gasteiger partial charge in [-0.05, 0) is 11.6 Å². The highest BCUT2D eigenvalue weighted by atomic mass is 16.1. The second kappa shape index (κ2) is 6.53. The van der Waals surface area contributed by atoms with Crippen LogP contribution in [0.15, 0.2) is 43.1 Å². The first-order chi connectivity index (χ1) is 10.8. The van der Waals surface area contributed by atoms with Gasteiger partial charge in [0.2, 0.25) is 11.7 Å². The molecule has 0 saturated heterocycles. The number of rotatable bonds is 5. The van der Waals surface area contributed by atoms with Crippen LogP contribution in [0, 0.1) is 0 Å². The Hall–Kier alpha value is -3.16. The number of aromatic amines is 1. The van der Waals surface area contributed by atoms with Gasteiger partial charge in [-0.1, -0.05) is 6.07 Å². The van der Waals surface area contributed by atoms with E-state index in [2.05, 4.69) is 35.5 Å². The van der Waals surface area contributed by atoms with E-state index in [4.69, 9.17) is 0 Å².